The number of carbonyl (C=O) groups is 2. The lowest BCUT2D eigenvalue weighted by molar-refractivity contribution is -0.141. The maximum absolute atomic E-state index is 12.5. The van der Waals surface area contributed by atoms with Gasteiger partial charge in [0.2, 0.25) is 0 Å². The summed E-state index contributed by atoms with van der Waals surface area (Å²) >= 11 is 0. The molecule has 6 heteroatoms. The van der Waals surface area contributed by atoms with Crippen molar-refractivity contribution >= 4 is 12.1 Å². The maximum Gasteiger partial charge on any atom is 0.408 e. The van der Waals surface area contributed by atoms with Crippen molar-refractivity contribution in [2.45, 2.75) is 86.0 Å². The fourth-order valence-electron chi connectivity index (χ4n) is 2.98. The molecule has 0 unspecified atom stereocenters. The first-order chi connectivity index (χ1) is 13.2. The summed E-state index contributed by atoms with van der Waals surface area (Å²) in [5.74, 6) is -0.929. The van der Waals surface area contributed by atoms with Crippen molar-refractivity contribution in [1.82, 2.24) is 10.6 Å². The van der Waals surface area contributed by atoms with Gasteiger partial charge in [0.25, 0.3) is 0 Å². The van der Waals surface area contributed by atoms with Crippen molar-refractivity contribution in [1.29, 1.82) is 0 Å². The van der Waals surface area contributed by atoms with Gasteiger partial charge in [-0.25, -0.2) is 4.79 Å². The molecule has 0 saturated heterocycles. The van der Waals surface area contributed by atoms with Crippen molar-refractivity contribution in [3.63, 3.8) is 0 Å². The van der Waals surface area contributed by atoms with Gasteiger partial charge in [-0.3, -0.25) is 10.1 Å². The number of aliphatic carboxylic acids is 1. The lowest BCUT2D eigenvalue weighted by atomic mass is 9.85. The molecule has 0 heterocycles. The van der Waals surface area contributed by atoms with Gasteiger partial charge in [-0.1, -0.05) is 71.9 Å². The van der Waals surface area contributed by atoms with Crippen LogP contribution in [0.25, 0.3) is 0 Å². The SMILES string of the molecule is CC(C)(C)CC[C@@](C)(NC(=O)OCc1ccccc1)N[C@@H](CC(C)(C)C)C(=O)O. The van der Waals surface area contributed by atoms with Gasteiger partial charge in [-0.05, 0) is 42.6 Å². The van der Waals surface area contributed by atoms with E-state index in [1.54, 1.807) is 0 Å². The molecule has 0 fully saturated rings. The van der Waals surface area contributed by atoms with Gasteiger partial charge in [0, 0.05) is 0 Å². The smallest absolute Gasteiger partial charge is 0.408 e. The monoisotopic (exact) mass is 406 g/mol. The summed E-state index contributed by atoms with van der Waals surface area (Å²) in [6.45, 7) is 14.3. The first-order valence-electron chi connectivity index (χ1n) is 10.2. The van der Waals surface area contributed by atoms with Crippen LogP contribution in [0.5, 0.6) is 0 Å². The topological polar surface area (TPSA) is 87.7 Å². The Hall–Kier alpha value is -2.08. The molecule has 1 aromatic rings. The van der Waals surface area contributed by atoms with Crippen LogP contribution in [-0.4, -0.2) is 28.9 Å². The third-order valence-corrected chi connectivity index (χ3v) is 4.57. The molecule has 0 radical (unpaired) electrons. The highest BCUT2D eigenvalue weighted by atomic mass is 16.5. The minimum Gasteiger partial charge on any atom is -0.480 e. The molecule has 0 aliphatic rings. The number of alkyl carbamates (subject to hydrolysis) is 1. The molecule has 164 valence electrons. The maximum atomic E-state index is 12.5. The second kappa shape index (κ2) is 10.1. The van der Waals surface area contributed by atoms with E-state index < -0.39 is 23.8 Å². The van der Waals surface area contributed by atoms with Crippen LogP contribution in [0.15, 0.2) is 30.3 Å². The van der Waals surface area contributed by atoms with Gasteiger partial charge in [-0.15, -0.1) is 0 Å². The highest BCUT2D eigenvalue weighted by Crippen LogP contribution is 2.27. The molecule has 3 N–H and O–H groups in total. The summed E-state index contributed by atoms with van der Waals surface area (Å²) in [5.41, 5.74) is -0.144. The summed E-state index contributed by atoms with van der Waals surface area (Å²) < 4.78 is 5.36. The van der Waals surface area contributed by atoms with Crippen LogP contribution in [0.3, 0.4) is 0 Å². The Morgan fingerprint density at radius 3 is 2.03 bits per heavy atom. The molecule has 0 saturated carbocycles. The van der Waals surface area contributed by atoms with Crippen LogP contribution in [0.4, 0.5) is 4.79 Å². The third kappa shape index (κ3) is 10.9. The molecular formula is C23H38N2O4. The highest BCUT2D eigenvalue weighted by Gasteiger charge is 2.35. The molecule has 0 bridgehead atoms. The standard InChI is InChI=1S/C23H38N2O4/c1-21(2,3)13-14-23(7,24-18(19(26)27)15-22(4,5)6)25-20(28)29-16-17-11-9-8-10-12-17/h8-12,18,24H,13-16H2,1-7H3,(H,25,28)(H,26,27)/t18-,23+/m0/s1. The van der Waals surface area contributed by atoms with Crippen LogP contribution in [-0.2, 0) is 16.1 Å². The summed E-state index contributed by atoms with van der Waals surface area (Å²) in [6, 6.07) is 8.65. The molecular weight excluding hydrogens is 368 g/mol. The van der Waals surface area contributed by atoms with E-state index in [1.807, 2.05) is 58.0 Å². The first kappa shape index (κ1) is 25.0. The molecule has 1 amide bonds. The number of carbonyl (C=O) groups excluding carboxylic acids is 1. The number of ether oxygens (including phenoxy) is 1. The molecule has 6 nitrogen and oxygen atoms in total. The second-order valence-electron chi connectivity index (χ2n) is 10.4. The van der Waals surface area contributed by atoms with E-state index in [9.17, 15) is 14.7 Å². The zero-order chi connectivity index (χ0) is 22.3. The van der Waals surface area contributed by atoms with Crippen molar-refractivity contribution < 1.29 is 19.4 Å². The minimum absolute atomic E-state index is 0.0430. The van der Waals surface area contributed by atoms with Gasteiger partial charge in [0.1, 0.15) is 12.6 Å². The normalized spacial score (nSPS) is 15.3. The number of carboxylic acids is 1. The molecule has 0 aliphatic carbocycles. The molecule has 0 aliphatic heterocycles. The number of rotatable bonds is 9. The zero-order valence-corrected chi connectivity index (χ0v) is 19.0. The summed E-state index contributed by atoms with van der Waals surface area (Å²) in [4.78, 5) is 24.3. The molecule has 0 aromatic heterocycles. The quantitative estimate of drug-likeness (QED) is 0.506. The Labute approximate surface area is 175 Å². The van der Waals surface area contributed by atoms with Crippen LogP contribution >= 0.6 is 0 Å². The summed E-state index contributed by atoms with van der Waals surface area (Å²) in [7, 11) is 0. The van der Waals surface area contributed by atoms with E-state index in [4.69, 9.17) is 4.74 Å². The highest BCUT2D eigenvalue weighted by molar-refractivity contribution is 5.74. The Bertz CT molecular complexity index is 662. The van der Waals surface area contributed by atoms with Crippen LogP contribution in [0.2, 0.25) is 0 Å². The predicted octanol–water partition coefficient (Wildman–Crippen LogP) is 4.93. The van der Waals surface area contributed by atoms with Crippen LogP contribution in [0, 0.1) is 10.8 Å². The summed E-state index contributed by atoms with van der Waals surface area (Å²) in [6.07, 6.45) is 1.24. The zero-order valence-electron chi connectivity index (χ0n) is 19.0. The number of hydrogen-bond donors (Lipinski definition) is 3. The van der Waals surface area contributed by atoms with Gasteiger partial charge >= 0.3 is 12.1 Å². The van der Waals surface area contributed by atoms with Crippen molar-refractivity contribution in [3.8, 4) is 0 Å². The lowest BCUT2D eigenvalue weighted by Crippen LogP contribution is -2.62. The van der Waals surface area contributed by atoms with E-state index in [-0.39, 0.29) is 17.4 Å². The minimum atomic E-state index is -0.929. The number of amides is 1. The van der Waals surface area contributed by atoms with E-state index in [0.717, 1.165) is 12.0 Å². The van der Waals surface area contributed by atoms with E-state index in [1.165, 1.54) is 0 Å². The predicted molar refractivity (Wildman–Crippen MR) is 115 cm³/mol. The van der Waals surface area contributed by atoms with E-state index in [2.05, 4.69) is 31.4 Å². The van der Waals surface area contributed by atoms with Gasteiger partial charge in [0.05, 0.1) is 5.66 Å². The Morgan fingerprint density at radius 1 is 0.966 bits per heavy atom. The van der Waals surface area contributed by atoms with E-state index >= 15 is 0 Å². The number of hydrogen-bond acceptors (Lipinski definition) is 4. The largest absolute Gasteiger partial charge is 0.480 e. The first-order valence-corrected chi connectivity index (χ1v) is 10.2. The van der Waals surface area contributed by atoms with Crippen molar-refractivity contribution in [2.75, 3.05) is 0 Å². The molecule has 29 heavy (non-hydrogen) atoms. The molecule has 1 aromatic carbocycles. The number of carboxylic acid groups (broad SMARTS) is 1. The fraction of sp³-hybridized carbons (Fsp3) is 0.652. The molecule has 0 spiro atoms. The Balaban J connectivity index is 2.88. The Kier molecular flexibility index (Phi) is 8.69. The fourth-order valence-corrected chi connectivity index (χ4v) is 2.98. The second-order valence-corrected chi connectivity index (χ2v) is 10.4. The van der Waals surface area contributed by atoms with Crippen molar-refractivity contribution in [2.24, 2.45) is 10.8 Å². The van der Waals surface area contributed by atoms with Crippen LogP contribution in [0.1, 0.15) is 73.3 Å². The van der Waals surface area contributed by atoms with Gasteiger partial charge < -0.3 is 15.2 Å². The van der Waals surface area contributed by atoms with E-state index in [0.29, 0.717) is 12.8 Å². The summed E-state index contributed by atoms with van der Waals surface area (Å²) in [5, 5.41) is 15.8. The average Bonchev–Trinajstić information content (AvgIpc) is 2.57. The Morgan fingerprint density at radius 2 is 1.55 bits per heavy atom. The van der Waals surface area contributed by atoms with Gasteiger partial charge in [-0.2, -0.15) is 0 Å². The van der Waals surface area contributed by atoms with Gasteiger partial charge in [0.15, 0.2) is 0 Å². The molecule has 2 atom stereocenters. The number of benzene rings is 1. The lowest BCUT2D eigenvalue weighted by Gasteiger charge is -2.37. The number of nitrogens with one attached hydrogen (secondary N) is 2. The third-order valence-electron chi connectivity index (χ3n) is 4.57. The molecule has 1 rings (SSSR count). The average molecular weight is 407 g/mol. The van der Waals surface area contributed by atoms with Crippen molar-refractivity contribution in [3.05, 3.63) is 35.9 Å². The van der Waals surface area contributed by atoms with Crippen LogP contribution < -0.4 is 10.6 Å².